The molecule has 0 aliphatic carbocycles. The highest BCUT2D eigenvalue weighted by Crippen LogP contribution is 2.16. The van der Waals surface area contributed by atoms with Crippen LogP contribution in [-0.2, 0) is 0 Å². The molecule has 13 heavy (non-hydrogen) atoms. The number of hydrogen-bond donors (Lipinski definition) is 0. The summed E-state index contributed by atoms with van der Waals surface area (Å²) in [5.41, 5.74) is -0.679. The quantitative estimate of drug-likeness (QED) is 0.635. The summed E-state index contributed by atoms with van der Waals surface area (Å²) in [6, 6.07) is 3.78. The fraction of sp³-hybridized carbons (Fsp3) is 0. The van der Waals surface area contributed by atoms with Crippen LogP contribution < -0.4 is 5.46 Å². The second-order valence-corrected chi connectivity index (χ2v) is 2.62. The van der Waals surface area contributed by atoms with Gasteiger partial charge in [-0.05, 0) is 6.07 Å². The monoisotopic (exact) mass is 186 g/mol. The van der Waals surface area contributed by atoms with Crippen LogP contribution in [0.4, 0.5) is 12.9 Å². The average Bonchev–Trinajstić information content (AvgIpc) is 2.48. The van der Waals surface area contributed by atoms with E-state index in [1.165, 1.54) is 12.1 Å². The molecule has 0 bridgehead atoms. The van der Waals surface area contributed by atoms with Crippen molar-refractivity contribution in [3.63, 3.8) is 0 Å². The van der Waals surface area contributed by atoms with Crippen LogP contribution in [0.5, 0.6) is 0 Å². The molecule has 0 N–H and O–H groups in total. The van der Waals surface area contributed by atoms with E-state index >= 15 is 0 Å². The van der Waals surface area contributed by atoms with Crippen molar-refractivity contribution in [3.8, 4) is 0 Å². The number of aromatic nitrogens is 1. The summed E-state index contributed by atoms with van der Waals surface area (Å²) in [7, 11) is 0. The van der Waals surface area contributed by atoms with Gasteiger partial charge in [-0.15, -0.1) is 0 Å². The third kappa shape index (κ3) is 1.28. The standard InChI is InChI=1S/C7H4BF3NO/c9-8(10,11)5-2-1-3-6-7(5)13-4-12-6/h1-4H/q-1. The van der Waals surface area contributed by atoms with Crippen molar-refractivity contribution in [2.24, 2.45) is 0 Å². The van der Waals surface area contributed by atoms with E-state index in [1.807, 2.05) is 0 Å². The van der Waals surface area contributed by atoms with Crippen molar-refractivity contribution in [2.75, 3.05) is 0 Å². The Morgan fingerprint density at radius 2 is 2.00 bits per heavy atom. The second kappa shape index (κ2) is 2.51. The van der Waals surface area contributed by atoms with Crippen LogP contribution in [0.3, 0.4) is 0 Å². The fourth-order valence-corrected chi connectivity index (χ4v) is 1.17. The third-order valence-electron chi connectivity index (χ3n) is 1.74. The Bertz CT molecular complexity index is 436. The summed E-state index contributed by atoms with van der Waals surface area (Å²) < 4.78 is 41.8. The molecule has 0 amide bonds. The Labute approximate surface area is 71.4 Å². The van der Waals surface area contributed by atoms with Crippen LogP contribution in [0.25, 0.3) is 11.1 Å². The molecule has 0 unspecified atom stereocenters. The molecule has 1 heterocycles. The Balaban J connectivity index is 2.75. The normalized spacial score (nSPS) is 12.2. The topological polar surface area (TPSA) is 26.0 Å². The van der Waals surface area contributed by atoms with Gasteiger partial charge >= 0.3 is 6.98 Å². The summed E-state index contributed by atoms with van der Waals surface area (Å²) in [6.07, 6.45) is 1.01. The minimum atomic E-state index is -5.02. The maximum absolute atomic E-state index is 12.4. The van der Waals surface area contributed by atoms with Crippen molar-refractivity contribution in [1.82, 2.24) is 4.98 Å². The van der Waals surface area contributed by atoms with Crippen molar-refractivity contribution in [1.29, 1.82) is 0 Å². The highest BCUT2D eigenvalue weighted by Gasteiger charge is 2.28. The first-order chi connectivity index (χ1) is 6.09. The third-order valence-corrected chi connectivity index (χ3v) is 1.74. The molecule has 0 radical (unpaired) electrons. The van der Waals surface area contributed by atoms with Crippen molar-refractivity contribution in [2.45, 2.75) is 0 Å². The van der Waals surface area contributed by atoms with Crippen LogP contribution in [0.2, 0.25) is 0 Å². The number of rotatable bonds is 1. The van der Waals surface area contributed by atoms with Gasteiger partial charge in [0.2, 0.25) is 0 Å². The van der Waals surface area contributed by atoms with Crippen LogP contribution in [0, 0.1) is 0 Å². The zero-order chi connectivity index (χ0) is 9.47. The SMILES string of the molecule is F[B-](F)(F)c1cccc2ncoc12. The predicted molar refractivity (Wildman–Crippen MR) is 42.7 cm³/mol. The lowest BCUT2D eigenvalue weighted by Crippen LogP contribution is -2.34. The number of oxazole rings is 1. The van der Waals surface area contributed by atoms with E-state index in [0.717, 1.165) is 12.5 Å². The van der Waals surface area contributed by atoms with Gasteiger partial charge in [0, 0.05) is 0 Å². The van der Waals surface area contributed by atoms with E-state index < -0.39 is 12.4 Å². The molecule has 0 atom stereocenters. The molecule has 0 spiro atoms. The number of para-hydroxylation sites is 1. The molecule has 0 aliphatic heterocycles. The molecule has 68 valence electrons. The van der Waals surface area contributed by atoms with E-state index in [2.05, 4.69) is 9.40 Å². The second-order valence-electron chi connectivity index (χ2n) is 2.62. The lowest BCUT2D eigenvalue weighted by molar-refractivity contribution is 0.499. The van der Waals surface area contributed by atoms with Gasteiger partial charge in [-0.1, -0.05) is 17.6 Å². The molecule has 2 rings (SSSR count). The summed E-state index contributed by atoms with van der Waals surface area (Å²) in [5.74, 6) is 0. The fourth-order valence-electron chi connectivity index (χ4n) is 1.17. The van der Waals surface area contributed by atoms with E-state index in [-0.39, 0.29) is 11.1 Å². The average molecular weight is 186 g/mol. The van der Waals surface area contributed by atoms with E-state index in [9.17, 15) is 12.9 Å². The Kier molecular flexibility index (Phi) is 1.58. The van der Waals surface area contributed by atoms with Crippen LogP contribution >= 0.6 is 0 Å². The van der Waals surface area contributed by atoms with Gasteiger partial charge in [-0.2, -0.15) is 0 Å². The molecule has 2 aromatic rings. The Morgan fingerprint density at radius 1 is 1.23 bits per heavy atom. The van der Waals surface area contributed by atoms with Gasteiger partial charge in [0.1, 0.15) is 11.1 Å². The van der Waals surface area contributed by atoms with Gasteiger partial charge in [-0.3, -0.25) is 0 Å². The number of hydrogen-bond acceptors (Lipinski definition) is 2. The molecule has 0 saturated carbocycles. The first kappa shape index (κ1) is 8.16. The number of halogens is 3. The predicted octanol–water partition coefficient (Wildman–Crippen LogP) is 1.88. The van der Waals surface area contributed by atoms with E-state index in [0.29, 0.717) is 0 Å². The maximum Gasteiger partial charge on any atom is 0.513 e. The Hall–Kier alpha value is -1.46. The highest BCUT2D eigenvalue weighted by molar-refractivity contribution is 6.75. The number of fused-ring (bicyclic) bond motifs is 1. The first-order valence-corrected chi connectivity index (χ1v) is 3.61. The number of benzene rings is 1. The largest absolute Gasteiger partial charge is 0.513 e. The van der Waals surface area contributed by atoms with Crippen LogP contribution in [0.15, 0.2) is 29.0 Å². The van der Waals surface area contributed by atoms with E-state index in [1.54, 1.807) is 0 Å². The zero-order valence-corrected chi connectivity index (χ0v) is 6.38. The smallest absolute Gasteiger partial charge is 0.446 e. The van der Waals surface area contributed by atoms with Crippen molar-refractivity contribution in [3.05, 3.63) is 24.6 Å². The van der Waals surface area contributed by atoms with Gasteiger partial charge < -0.3 is 17.4 Å². The van der Waals surface area contributed by atoms with Gasteiger partial charge in [-0.25, -0.2) is 4.98 Å². The zero-order valence-electron chi connectivity index (χ0n) is 6.38. The van der Waals surface area contributed by atoms with Crippen molar-refractivity contribution < 1.29 is 17.4 Å². The van der Waals surface area contributed by atoms with Crippen LogP contribution in [0.1, 0.15) is 0 Å². The summed E-state index contributed by atoms with van der Waals surface area (Å²) in [6.45, 7) is -5.02. The molecule has 6 heteroatoms. The first-order valence-electron chi connectivity index (χ1n) is 3.61. The summed E-state index contributed by atoms with van der Waals surface area (Å²) in [5, 5.41) is 0. The van der Waals surface area contributed by atoms with Gasteiger partial charge in [0.15, 0.2) is 6.39 Å². The molecule has 1 aromatic carbocycles. The minimum absolute atomic E-state index is 0.185. The van der Waals surface area contributed by atoms with Crippen LogP contribution in [-0.4, -0.2) is 12.0 Å². The molecular weight excluding hydrogens is 182 g/mol. The molecule has 0 aliphatic rings. The molecular formula is C7H4BF3NO-. The van der Waals surface area contributed by atoms with Gasteiger partial charge in [0.25, 0.3) is 0 Å². The summed E-state index contributed by atoms with van der Waals surface area (Å²) >= 11 is 0. The van der Waals surface area contributed by atoms with Crippen molar-refractivity contribution >= 4 is 23.5 Å². The summed E-state index contributed by atoms with van der Waals surface area (Å²) in [4.78, 5) is 3.64. The molecule has 0 saturated heterocycles. The lowest BCUT2D eigenvalue weighted by Gasteiger charge is -2.13. The maximum atomic E-state index is 12.4. The molecule has 2 nitrogen and oxygen atoms in total. The molecule has 0 fully saturated rings. The lowest BCUT2D eigenvalue weighted by atomic mass is 9.79. The number of nitrogens with zero attached hydrogens (tertiary/aromatic N) is 1. The highest BCUT2D eigenvalue weighted by atomic mass is 19.4. The minimum Gasteiger partial charge on any atom is -0.446 e. The van der Waals surface area contributed by atoms with E-state index in [4.69, 9.17) is 0 Å². The Morgan fingerprint density at radius 3 is 2.69 bits per heavy atom. The van der Waals surface area contributed by atoms with Gasteiger partial charge in [0.05, 0.1) is 0 Å². The molecule has 1 aromatic heterocycles.